The van der Waals surface area contributed by atoms with Crippen LogP contribution >= 0.6 is 45.3 Å². The van der Waals surface area contributed by atoms with Gasteiger partial charge in [0.05, 0.1) is 0 Å². The van der Waals surface area contributed by atoms with Crippen LogP contribution in [0.5, 0.6) is 0 Å². The van der Waals surface area contributed by atoms with E-state index in [1.165, 1.54) is 93.3 Å². The van der Waals surface area contributed by atoms with Gasteiger partial charge < -0.3 is 0 Å². The lowest BCUT2D eigenvalue weighted by molar-refractivity contribution is 1.49. The Labute approximate surface area is 261 Å². The van der Waals surface area contributed by atoms with Crippen LogP contribution in [0.1, 0.15) is 41.8 Å². The van der Waals surface area contributed by atoms with Crippen molar-refractivity contribution >= 4 is 96.8 Å². The summed E-state index contributed by atoms with van der Waals surface area (Å²) < 4.78 is 5.38. The molecule has 0 N–H and O–H groups in total. The fourth-order valence-electron chi connectivity index (χ4n) is 6.66. The van der Waals surface area contributed by atoms with Crippen LogP contribution in [0.2, 0.25) is 0 Å². The van der Waals surface area contributed by atoms with E-state index in [0.29, 0.717) is 0 Å². The van der Waals surface area contributed by atoms with Crippen LogP contribution in [0.3, 0.4) is 0 Å². The minimum atomic E-state index is 1.34. The van der Waals surface area contributed by atoms with Crippen LogP contribution in [0.15, 0.2) is 97.1 Å². The molecule has 204 valence electrons. The van der Waals surface area contributed by atoms with Gasteiger partial charge in [0.1, 0.15) is 0 Å². The number of fused-ring (bicyclic) bond motifs is 4. The smallest absolute Gasteiger partial charge is 0.0352 e. The van der Waals surface area contributed by atoms with E-state index in [0.717, 1.165) is 0 Å². The lowest BCUT2D eigenvalue weighted by Crippen LogP contribution is -2.00. The van der Waals surface area contributed by atoms with Gasteiger partial charge >= 0.3 is 0 Å². The van der Waals surface area contributed by atoms with Crippen LogP contribution < -0.4 is 0 Å². The molecule has 0 bridgehead atoms. The molecule has 0 nitrogen and oxygen atoms in total. The van der Waals surface area contributed by atoms with Crippen molar-refractivity contribution in [2.45, 2.75) is 27.7 Å². The van der Waals surface area contributed by atoms with Crippen molar-refractivity contribution in [3.63, 3.8) is 0 Å². The highest BCUT2D eigenvalue weighted by Gasteiger charge is 2.29. The zero-order chi connectivity index (χ0) is 28.5. The van der Waals surface area contributed by atoms with E-state index in [-0.39, 0.29) is 0 Å². The predicted molar refractivity (Wildman–Crippen MR) is 191 cm³/mol. The monoisotopic (exact) mass is 612 g/mol. The number of benzene rings is 4. The van der Waals surface area contributed by atoms with E-state index in [2.05, 4.69) is 125 Å². The molecule has 8 rings (SSSR count). The number of hydrogen-bond donors (Lipinski definition) is 0. The lowest BCUT2D eigenvalue weighted by atomic mass is 9.82. The maximum absolute atomic E-state index is 2.33. The highest BCUT2D eigenvalue weighted by Crippen LogP contribution is 2.53. The quantitative estimate of drug-likeness (QED) is 0.185. The van der Waals surface area contributed by atoms with Crippen LogP contribution in [0.25, 0.3) is 51.5 Å². The molecular weight excluding hydrogens is 585 g/mol. The summed E-state index contributed by atoms with van der Waals surface area (Å²) in [6, 6.07) is 35.9. The molecule has 0 amide bonds. The summed E-state index contributed by atoms with van der Waals surface area (Å²) in [5.41, 5.74) is 8.25. The molecule has 42 heavy (non-hydrogen) atoms. The molecule has 0 aliphatic carbocycles. The van der Waals surface area contributed by atoms with Gasteiger partial charge in [-0.2, -0.15) is 0 Å². The van der Waals surface area contributed by atoms with Crippen molar-refractivity contribution in [3.8, 4) is 0 Å². The van der Waals surface area contributed by atoms with Gasteiger partial charge in [-0.25, -0.2) is 0 Å². The van der Waals surface area contributed by atoms with Gasteiger partial charge in [0.15, 0.2) is 0 Å². The first kappa shape index (κ1) is 26.1. The second-order valence-electron chi connectivity index (χ2n) is 10.9. The van der Waals surface area contributed by atoms with Crippen LogP contribution in [-0.2, 0) is 0 Å². The van der Waals surface area contributed by atoms with E-state index < -0.39 is 0 Å². The number of thiophene rings is 4. The van der Waals surface area contributed by atoms with Crippen molar-refractivity contribution in [3.05, 3.63) is 139 Å². The Hall–Kier alpha value is -3.54. The Kier molecular flexibility index (Phi) is 6.24. The fourth-order valence-corrected chi connectivity index (χ4v) is 10.9. The molecule has 0 atom stereocenters. The number of hydrogen-bond acceptors (Lipinski definition) is 4. The Balaban J connectivity index is 1.68. The van der Waals surface area contributed by atoms with Gasteiger partial charge in [-0.15, -0.1) is 45.3 Å². The van der Waals surface area contributed by atoms with E-state index in [1.807, 2.05) is 45.3 Å². The molecule has 0 fully saturated rings. The number of aryl methyl sites for hydroxylation is 4. The van der Waals surface area contributed by atoms with Crippen molar-refractivity contribution < 1.29 is 0 Å². The largest absolute Gasteiger partial charge is 0.140 e. The van der Waals surface area contributed by atoms with Crippen LogP contribution in [0.4, 0.5) is 0 Å². The van der Waals surface area contributed by atoms with Crippen LogP contribution in [-0.4, -0.2) is 0 Å². The highest BCUT2D eigenvalue weighted by atomic mass is 32.1. The highest BCUT2D eigenvalue weighted by molar-refractivity contribution is 7.21. The predicted octanol–water partition coefficient (Wildman–Crippen LogP) is 12.8. The topological polar surface area (TPSA) is 0 Å². The minimum Gasteiger partial charge on any atom is -0.140 e. The van der Waals surface area contributed by atoms with E-state index in [9.17, 15) is 0 Å². The van der Waals surface area contributed by atoms with Crippen molar-refractivity contribution in [1.29, 1.82) is 0 Å². The van der Waals surface area contributed by atoms with Crippen molar-refractivity contribution in [2.24, 2.45) is 0 Å². The number of rotatable bonds is 4. The molecular formula is C38H28S4. The maximum Gasteiger partial charge on any atom is 0.0352 e. The van der Waals surface area contributed by atoms with Gasteiger partial charge in [0.2, 0.25) is 0 Å². The average molecular weight is 613 g/mol. The van der Waals surface area contributed by atoms with E-state index in [1.54, 1.807) is 0 Å². The summed E-state index contributed by atoms with van der Waals surface area (Å²) in [5.74, 6) is 0. The standard InChI is InChI=1S/C38H28S4/c1-21-33(25-13-5-9-17-29(25)39-21)37(34-22(2)40-30-18-10-6-14-26(30)34)38(35-23(3)41-31-19-11-7-15-27(31)35)36-24(4)42-32-20-12-8-16-28(32)36/h5-20H,1-4H3. The Morgan fingerprint density at radius 2 is 0.548 bits per heavy atom. The molecule has 0 spiro atoms. The first-order valence-electron chi connectivity index (χ1n) is 14.2. The third-order valence-electron chi connectivity index (χ3n) is 8.34. The molecule has 0 radical (unpaired) electrons. The summed E-state index contributed by atoms with van der Waals surface area (Å²) in [4.78, 5) is 5.47. The second kappa shape index (κ2) is 10.0. The third kappa shape index (κ3) is 3.90. The molecule has 0 saturated heterocycles. The summed E-state index contributed by atoms with van der Waals surface area (Å²) in [7, 11) is 0. The average Bonchev–Trinajstić information content (AvgIpc) is 3.71. The van der Waals surface area contributed by atoms with Crippen LogP contribution in [0, 0.1) is 27.7 Å². The first-order valence-corrected chi connectivity index (χ1v) is 17.5. The molecule has 8 aromatic rings. The fraction of sp³-hybridized carbons (Fsp3) is 0.105. The van der Waals surface area contributed by atoms with Gasteiger partial charge in [0, 0.05) is 93.3 Å². The van der Waals surface area contributed by atoms with E-state index in [4.69, 9.17) is 0 Å². The SMILES string of the molecule is Cc1sc2ccccc2c1C(=C(c1c(C)sc2ccccc12)c1c(C)sc2ccccc12)c1c(C)sc2ccccc12. The lowest BCUT2D eigenvalue weighted by Gasteiger charge is -2.20. The molecule has 4 aromatic heterocycles. The zero-order valence-electron chi connectivity index (χ0n) is 23.9. The minimum absolute atomic E-state index is 1.34. The molecule has 0 unspecified atom stereocenters. The van der Waals surface area contributed by atoms with E-state index >= 15 is 0 Å². The Morgan fingerprint density at radius 3 is 0.786 bits per heavy atom. The molecule has 4 heteroatoms. The van der Waals surface area contributed by atoms with Gasteiger partial charge in [-0.1, -0.05) is 72.8 Å². The second-order valence-corrected chi connectivity index (χ2v) is 15.9. The summed E-state index contributed by atoms with van der Waals surface area (Å²) in [5, 5.41) is 5.38. The molecule has 4 aromatic carbocycles. The van der Waals surface area contributed by atoms with Crippen molar-refractivity contribution in [1.82, 2.24) is 0 Å². The molecule has 0 aliphatic heterocycles. The molecule has 0 aliphatic rings. The normalized spacial score (nSPS) is 11.8. The summed E-state index contributed by atoms with van der Waals surface area (Å²) in [6.45, 7) is 9.27. The Morgan fingerprint density at radius 1 is 0.333 bits per heavy atom. The maximum atomic E-state index is 2.33. The van der Waals surface area contributed by atoms with Gasteiger partial charge in [-0.05, 0) is 52.0 Å². The zero-order valence-corrected chi connectivity index (χ0v) is 27.1. The van der Waals surface area contributed by atoms with Gasteiger partial charge in [-0.3, -0.25) is 0 Å². The Bertz CT molecular complexity index is 2020. The summed E-state index contributed by atoms with van der Waals surface area (Å²) >= 11 is 7.67. The molecule has 0 saturated carbocycles. The van der Waals surface area contributed by atoms with Crippen molar-refractivity contribution in [2.75, 3.05) is 0 Å². The third-order valence-corrected chi connectivity index (χ3v) is 12.7. The summed E-state index contributed by atoms with van der Waals surface area (Å²) in [6.07, 6.45) is 0. The van der Waals surface area contributed by atoms with Gasteiger partial charge in [0.25, 0.3) is 0 Å². The first-order chi connectivity index (χ1) is 20.5. The molecule has 4 heterocycles.